The highest BCUT2D eigenvalue weighted by Gasteiger charge is 2.41. The highest BCUT2D eigenvalue weighted by atomic mass is 16.6. The van der Waals surface area contributed by atoms with Crippen molar-refractivity contribution in [1.29, 1.82) is 0 Å². The van der Waals surface area contributed by atoms with Gasteiger partial charge in [0.25, 0.3) is 0 Å². The first-order valence-electron chi connectivity index (χ1n) is 7.22. The maximum atomic E-state index is 6.02. The summed E-state index contributed by atoms with van der Waals surface area (Å²) in [4.78, 5) is 4.12. The number of ether oxygens (including phenoxy) is 2. The molecule has 0 radical (unpaired) electrons. The summed E-state index contributed by atoms with van der Waals surface area (Å²) >= 11 is 0. The van der Waals surface area contributed by atoms with Crippen molar-refractivity contribution in [2.24, 2.45) is 0 Å². The van der Waals surface area contributed by atoms with Crippen LogP contribution < -0.4 is 5.32 Å². The molecule has 0 bridgehead atoms. The van der Waals surface area contributed by atoms with Crippen LogP contribution in [0.2, 0.25) is 0 Å². The van der Waals surface area contributed by atoms with Gasteiger partial charge in [-0.15, -0.1) is 0 Å². The highest BCUT2D eigenvalue weighted by Crippen LogP contribution is 2.35. The van der Waals surface area contributed by atoms with Gasteiger partial charge in [0.2, 0.25) is 0 Å². The number of hydrogen-bond donors (Lipinski definition) is 1. The topological polar surface area (TPSA) is 43.4 Å². The summed E-state index contributed by atoms with van der Waals surface area (Å²) in [6.45, 7) is 3.66. The Bertz CT molecular complexity index is 390. The molecule has 4 heteroatoms. The van der Waals surface area contributed by atoms with Crippen LogP contribution in [0, 0.1) is 0 Å². The van der Waals surface area contributed by atoms with Gasteiger partial charge in [-0.2, -0.15) is 0 Å². The smallest absolute Gasteiger partial charge is 0.0836 e. The quantitative estimate of drug-likeness (QED) is 0.894. The molecule has 19 heavy (non-hydrogen) atoms. The Labute approximate surface area is 114 Å². The summed E-state index contributed by atoms with van der Waals surface area (Å²) < 4.78 is 12.0. The Morgan fingerprint density at radius 3 is 3.11 bits per heavy atom. The summed E-state index contributed by atoms with van der Waals surface area (Å²) in [5.74, 6) is 0. The molecule has 2 aliphatic rings. The number of aromatic nitrogens is 1. The molecule has 0 saturated carbocycles. The standard InChI is InChI=1S/C15H22N2O2/c1-2-13(11-17-6-1)3-9-18-14-10-15(19-12-14)4-7-16-8-5-15/h1-2,6,11,14,16H,3-5,7-10,12H2. The third kappa shape index (κ3) is 3.32. The number of pyridine rings is 1. The van der Waals surface area contributed by atoms with Crippen molar-refractivity contribution in [3.8, 4) is 0 Å². The van der Waals surface area contributed by atoms with Crippen LogP contribution >= 0.6 is 0 Å². The molecule has 104 valence electrons. The summed E-state index contributed by atoms with van der Waals surface area (Å²) in [5, 5.41) is 3.39. The van der Waals surface area contributed by atoms with E-state index in [0.29, 0.717) is 0 Å². The fourth-order valence-corrected chi connectivity index (χ4v) is 3.03. The van der Waals surface area contributed by atoms with E-state index in [4.69, 9.17) is 9.47 Å². The van der Waals surface area contributed by atoms with Gasteiger partial charge in [0, 0.05) is 18.8 Å². The van der Waals surface area contributed by atoms with Crippen LogP contribution in [0.15, 0.2) is 24.5 Å². The lowest BCUT2D eigenvalue weighted by Crippen LogP contribution is -2.41. The zero-order chi connectivity index (χ0) is 13.0. The average Bonchev–Trinajstić information content (AvgIpc) is 2.84. The van der Waals surface area contributed by atoms with Crippen LogP contribution in [0.25, 0.3) is 0 Å². The Balaban J connectivity index is 1.42. The van der Waals surface area contributed by atoms with E-state index in [-0.39, 0.29) is 11.7 Å². The van der Waals surface area contributed by atoms with Crippen LogP contribution in [0.4, 0.5) is 0 Å². The lowest BCUT2D eigenvalue weighted by Gasteiger charge is -2.32. The van der Waals surface area contributed by atoms with Gasteiger partial charge in [-0.3, -0.25) is 4.98 Å². The third-order valence-electron chi connectivity index (χ3n) is 4.16. The van der Waals surface area contributed by atoms with E-state index in [0.717, 1.165) is 52.0 Å². The van der Waals surface area contributed by atoms with Gasteiger partial charge < -0.3 is 14.8 Å². The van der Waals surface area contributed by atoms with Crippen molar-refractivity contribution in [3.63, 3.8) is 0 Å². The second kappa shape index (κ2) is 5.99. The first kappa shape index (κ1) is 13.0. The van der Waals surface area contributed by atoms with Crippen molar-refractivity contribution >= 4 is 0 Å². The zero-order valence-corrected chi connectivity index (χ0v) is 11.3. The van der Waals surface area contributed by atoms with E-state index in [2.05, 4.69) is 16.4 Å². The molecule has 3 rings (SSSR count). The molecule has 0 amide bonds. The van der Waals surface area contributed by atoms with E-state index in [1.807, 2.05) is 12.3 Å². The highest BCUT2D eigenvalue weighted by molar-refractivity contribution is 5.08. The molecule has 3 heterocycles. The molecule has 1 aromatic rings. The molecule has 2 aliphatic heterocycles. The molecule has 2 saturated heterocycles. The second-order valence-corrected chi connectivity index (χ2v) is 5.55. The van der Waals surface area contributed by atoms with Gasteiger partial charge in [-0.25, -0.2) is 0 Å². The molecule has 1 atom stereocenters. The largest absolute Gasteiger partial charge is 0.375 e. The first-order chi connectivity index (χ1) is 9.36. The van der Waals surface area contributed by atoms with Crippen molar-refractivity contribution < 1.29 is 9.47 Å². The summed E-state index contributed by atoms with van der Waals surface area (Å²) in [5.41, 5.74) is 1.34. The van der Waals surface area contributed by atoms with Crippen LogP contribution in [0.1, 0.15) is 24.8 Å². The molecular weight excluding hydrogens is 240 g/mol. The molecule has 0 aliphatic carbocycles. The maximum absolute atomic E-state index is 6.02. The molecule has 1 N–H and O–H groups in total. The summed E-state index contributed by atoms with van der Waals surface area (Å²) in [7, 11) is 0. The summed E-state index contributed by atoms with van der Waals surface area (Å²) in [6.07, 6.45) is 8.21. The number of piperidine rings is 1. The van der Waals surface area contributed by atoms with Crippen molar-refractivity contribution in [2.45, 2.75) is 37.4 Å². The fourth-order valence-electron chi connectivity index (χ4n) is 3.03. The first-order valence-corrected chi connectivity index (χ1v) is 7.22. The summed E-state index contributed by atoms with van der Waals surface area (Å²) in [6, 6.07) is 4.06. The fraction of sp³-hybridized carbons (Fsp3) is 0.667. The Morgan fingerprint density at radius 2 is 2.32 bits per heavy atom. The van der Waals surface area contributed by atoms with Crippen molar-refractivity contribution in [2.75, 3.05) is 26.3 Å². The van der Waals surface area contributed by atoms with Crippen LogP contribution in [-0.4, -0.2) is 43.0 Å². The second-order valence-electron chi connectivity index (χ2n) is 5.55. The molecule has 2 fully saturated rings. The minimum absolute atomic E-state index is 0.101. The average molecular weight is 262 g/mol. The monoisotopic (exact) mass is 262 g/mol. The third-order valence-corrected chi connectivity index (χ3v) is 4.16. The molecule has 4 nitrogen and oxygen atoms in total. The van der Waals surface area contributed by atoms with E-state index in [9.17, 15) is 0 Å². The SMILES string of the molecule is c1cncc(CCOC2COC3(CCNCC3)C2)c1. The molecular formula is C15H22N2O2. The van der Waals surface area contributed by atoms with E-state index < -0.39 is 0 Å². The predicted octanol–water partition coefficient (Wildman–Crippen LogP) is 1.55. The minimum atomic E-state index is 0.101. The Morgan fingerprint density at radius 1 is 1.42 bits per heavy atom. The Hall–Kier alpha value is -0.970. The van der Waals surface area contributed by atoms with E-state index in [1.54, 1.807) is 6.20 Å². The molecule has 1 spiro atoms. The number of hydrogen-bond acceptors (Lipinski definition) is 4. The zero-order valence-electron chi connectivity index (χ0n) is 11.3. The Kier molecular flexibility index (Phi) is 4.11. The van der Waals surface area contributed by atoms with Gasteiger partial charge in [-0.05, 0) is 44.0 Å². The molecule has 1 aromatic heterocycles. The van der Waals surface area contributed by atoms with Gasteiger partial charge in [0.1, 0.15) is 0 Å². The lowest BCUT2D eigenvalue weighted by atomic mass is 9.89. The van der Waals surface area contributed by atoms with Gasteiger partial charge in [0.15, 0.2) is 0 Å². The lowest BCUT2D eigenvalue weighted by molar-refractivity contribution is -0.0232. The van der Waals surface area contributed by atoms with Crippen molar-refractivity contribution in [3.05, 3.63) is 30.1 Å². The van der Waals surface area contributed by atoms with E-state index in [1.165, 1.54) is 5.56 Å². The minimum Gasteiger partial charge on any atom is -0.375 e. The van der Waals surface area contributed by atoms with Gasteiger partial charge in [-0.1, -0.05) is 6.07 Å². The number of nitrogens with zero attached hydrogens (tertiary/aromatic N) is 1. The maximum Gasteiger partial charge on any atom is 0.0836 e. The van der Waals surface area contributed by atoms with Crippen LogP contribution in [0.3, 0.4) is 0 Å². The van der Waals surface area contributed by atoms with Gasteiger partial charge >= 0.3 is 0 Å². The molecule has 0 aromatic carbocycles. The van der Waals surface area contributed by atoms with Crippen molar-refractivity contribution in [1.82, 2.24) is 10.3 Å². The normalized spacial score (nSPS) is 25.8. The van der Waals surface area contributed by atoms with Gasteiger partial charge in [0.05, 0.1) is 24.9 Å². The molecule has 1 unspecified atom stereocenters. The van der Waals surface area contributed by atoms with Crippen LogP contribution in [-0.2, 0) is 15.9 Å². The van der Waals surface area contributed by atoms with Crippen LogP contribution in [0.5, 0.6) is 0 Å². The number of rotatable bonds is 4. The van der Waals surface area contributed by atoms with E-state index >= 15 is 0 Å². The number of nitrogens with one attached hydrogen (secondary N) is 1. The predicted molar refractivity (Wildman–Crippen MR) is 73.1 cm³/mol.